The molecule has 0 bridgehead atoms. The highest BCUT2D eigenvalue weighted by Gasteiger charge is 2.33. The molecular weight excluding hydrogens is 330 g/mol. The number of nitrogen functional groups attached to an aromatic ring is 1. The lowest BCUT2D eigenvalue weighted by molar-refractivity contribution is 0.116. The van der Waals surface area contributed by atoms with Gasteiger partial charge in [-0.05, 0) is 60.7 Å². The minimum Gasteiger partial charge on any atom is -0.399 e. The van der Waals surface area contributed by atoms with Crippen molar-refractivity contribution in [2.75, 3.05) is 31.9 Å². The van der Waals surface area contributed by atoms with Gasteiger partial charge in [0, 0.05) is 37.3 Å². The molecule has 3 nitrogen and oxygen atoms in total. The molecule has 1 saturated heterocycles. The van der Waals surface area contributed by atoms with Crippen molar-refractivity contribution in [2.45, 2.75) is 45.2 Å². The van der Waals surface area contributed by atoms with Crippen LogP contribution in [0, 0.1) is 5.92 Å². The molecule has 3 heteroatoms. The van der Waals surface area contributed by atoms with Gasteiger partial charge in [0.15, 0.2) is 0 Å². The molecule has 0 atom stereocenters. The molecule has 0 amide bonds. The standard InChI is InChI=1S/C24H33N3/c1-24(2)18-27(17-21-14-22(25)8-9-23(21)24)16-20-10-12-26(13-11-20)15-19-6-4-3-5-7-19/h3-9,14,20H,10-13,15-18,25H2,1-2H3. The van der Waals surface area contributed by atoms with E-state index in [2.05, 4.69) is 72.2 Å². The maximum absolute atomic E-state index is 6.05. The average Bonchev–Trinajstić information content (AvgIpc) is 2.63. The smallest absolute Gasteiger partial charge is 0.0317 e. The van der Waals surface area contributed by atoms with Crippen molar-refractivity contribution >= 4 is 5.69 Å². The number of likely N-dealkylation sites (tertiary alicyclic amines) is 1. The van der Waals surface area contributed by atoms with Crippen molar-refractivity contribution in [3.05, 3.63) is 65.2 Å². The highest BCUT2D eigenvalue weighted by Crippen LogP contribution is 2.35. The quantitative estimate of drug-likeness (QED) is 0.823. The van der Waals surface area contributed by atoms with Crippen LogP contribution in [-0.4, -0.2) is 36.0 Å². The van der Waals surface area contributed by atoms with Crippen molar-refractivity contribution in [3.8, 4) is 0 Å². The Kier molecular flexibility index (Phi) is 5.25. The van der Waals surface area contributed by atoms with Gasteiger partial charge in [-0.2, -0.15) is 0 Å². The topological polar surface area (TPSA) is 32.5 Å². The molecule has 2 aliphatic heterocycles. The number of nitrogens with two attached hydrogens (primary N) is 1. The maximum Gasteiger partial charge on any atom is 0.0317 e. The Hall–Kier alpha value is -1.84. The van der Waals surface area contributed by atoms with E-state index in [0.717, 1.165) is 31.2 Å². The van der Waals surface area contributed by atoms with Gasteiger partial charge in [0.05, 0.1) is 0 Å². The van der Waals surface area contributed by atoms with E-state index in [9.17, 15) is 0 Å². The summed E-state index contributed by atoms with van der Waals surface area (Å²) >= 11 is 0. The van der Waals surface area contributed by atoms with Crippen molar-refractivity contribution in [2.24, 2.45) is 5.92 Å². The van der Waals surface area contributed by atoms with Gasteiger partial charge in [-0.1, -0.05) is 50.2 Å². The van der Waals surface area contributed by atoms with E-state index in [1.165, 1.54) is 49.2 Å². The Morgan fingerprint density at radius 1 is 1.00 bits per heavy atom. The van der Waals surface area contributed by atoms with Gasteiger partial charge in [-0.25, -0.2) is 0 Å². The molecule has 2 N–H and O–H groups in total. The van der Waals surface area contributed by atoms with Crippen LogP contribution in [0.4, 0.5) is 5.69 Å². The lowest BCUT2D eigenvalue weighted by Crippen LogP contribution is -2.45. The van der Waals surface area contributed by atoms with Crippen LogP contribution in [0.3, 0.4) is 0 Å². The van der Waals surface area contributed by atoms with E-state index in [0.29, 0.717) is 0 Å². The van der Waals surface area contributed by atoms with Gasteiger partial charge < -0.3 is 5.73 Å². The fourth-order valence-electron chi connectivity index (χ4n) is 5.01. The van der Waals surface area contributed by atoms with Crippen LogP contribution in [0.25, 0.3) is 0 Å². The van der Waals surface area contributed by atoms with E-state index in [1.54, 1.807) is 0 Å². The summed E-state index contributed by atoms with van der Waals surface area (Å²) in [6.45, 7) is 11.7. The van der Waals surface area contributed by atoms with Crippen LogP contribution >= 0.6 is 0 Å². The summed E-state index contributed by atoms with van der Waals surface area (Å²) in [4.78, 5) is 5.28. The molecule has 27 heavy (non-hydrogen) atoms. The zero-order valence-corrected chi connectivity index (χ0v) is 16.8. The number of piperidine rings is 1. The first-order valence-corrected chi connectivity index (χ1v) is 10.4. The number of hydrogen-bond acceptors (Lipinski definition) is 3. The maximum atomic E-state index is 6.05. The van der Waals surface area contributed by atoms with Crippen LogP contribution in [0.1, 0.15) is 43.4 Å². The molecule has 2 heterocycles. The molecule has 0 aliphatic carbocycles. The third kappa shape index (κ3) is 4.36. The predicted molar refractivity (Wildman–Crippen MR) is 114 cm³/mol. The highest BCUT2D eigenvalue weighted by molar-refractivity contribution is 5.48. The van der Waals surface area contributed by atoms with Gasteiger partial charge in [-0.15, -0.1) is 0 Å². The Balaban J connectivity index is 1.33. The molecule has 2 aliphatic rings. The van der Waals surface area contributed by atoms with E-state index < -0.39 is 0 Å². The molecular formula is C24H33N3. The Morgan fingerprint density at radius 2 is 1.74 bits per heavy atom. The number of hydrogen-bond donors (Lipinski definition) is 1. The van der Waals surface area contributed by atoms with Crippen LogP contribution in [0.5, 0.6) is 0 Å². The Bertz CT molecular complexity index is 760. The molecule has 0 radical (unpaired) electrons. The van der Waals surface area contributed by atoms with Crippen molar-refractivity contribution in [3.63, 3.8) is 0 Å². The zero-order valence-electron chi connectivity index (χ0n) is 16.8. The molecule has 144 valence electrons. The summed E-state index contributed by atoms with van der Waals surface area (Å²) < 4.78 is 0. The van der Waals surface area contributed by atoms with Crippen LogP contribution < -0.4 is 5.73 Å². The molecule has 2 aromatic carbocycles. The summed E-state index contributed by atoms with van der Waals surface area (Å²) in [5, 5.41) is 0. The number of rotatable bonds is 4. The third-order valence-corrected chi connectivity index (χ3v) is 6.34. The first kappa shape index (κ1) is 18.5. The molecule has 0 saturated carbocycles. The number of fused-ring (bicyclic) bond motifs is 1. The lowest BCUT2D eigenvalue weighted by atomic mass is 9.78. The largest absolute Gasteiger partial charge is 0.399 e. The van der Waals surface area contributed by atoms with Crippen molar-refractivity contribution in [1.82, 2.24) is 9.80 Å². The van der Waals surface area contributed by atoms with Gasteiger partial charge in [0.2, 0.25) is 0 Å². The molecule has 0 aromatic heterocycles. The predicted octanol–water partition coefficient (Wildman–Crippen LogP) is 4.27. The molecule has 0 unspecified atom stereocenters. The average molecular weight is 364 g/mol. The van der Waals surface area contributed by atoms with Crippen molar-refractivity contribution in [1.29, 1.82) is 0 Å². The Morgan fingerprint density at radius 3 is 2.48 bits per heavy atom. The normalized spacial score (nSPS) is 21.1. The summed E-state index contributed by atoms with van der Waals surface area (Å²) in [5.41, 5.74) is 11.5. The molecule has 1 fully saturated rings. The van der Waals surface area contributed by atoms with Gasteiger partial charge in [0.25, 0.3) is 0 Å². The lowest BCUT2D eigenvalue weighted by Gasteiger charge is -2.42. The van der Waals surface area contributed by atoms with Crippen LogP contribution in [0.15, 0.2) is 48.5 Å². The summed E-state index contributed by atoms with van der Waals surface area (Å²) in [6, 6.07) is 17.3. The summed E-state index contributed by atoms with van der Waals surface area (Å²) in [5.74, 6) is 0.815. The third-order valence-electron chi connectivity index (χ3n) is 6.34. The number of nitrogens with zero attached hydrogens (tertiary/aromatic N) is 2. The second kappa shape index (κ2) is 7.65. The number of anilines is 1. The van der Waals surface area contributed by atoms with E-state index >= 15 is 0 Å². The van der Waals surface area contributed by atoms with Gasteiger partial charge >= 0.3 is 0 Å². The van der Waals surface area contributed by atoms with Crippen LogP contribution in [0.2, 0.25) is 0 Å². The number of benzene rings is 2. The van der Waals surface area contributed by atoms with E-state index in [-0.39, 0.29) is 5.41 Å². The minimum absolute atomic E-state index is 0.204. The van der Waals surface area contributed by atoms with Gasteiger partial charge in [0.1, 0.15) is 0 Å². The van der Waals surface area contributed by atoms with Crippen molar-refractivity contribution < 1.29 is 0 Å². The Labute approximate surface area is 164 Å². The zero-order chi connectivity index (χ0) is 18.9. The minimum atomic E-state index is 0.204. The van der Waals surface area contributed by atoms with E-state index in [1.807, 2.05) is 0 Å². The SMILES string of the molecule is CC1(C)CN(CC2CCN(Cc3ccccc3)CC2)Cc2cc(N)ccc21. The monoisotopic (exact) mass is 363 g/mol. The molecule has 0 spiro atoms. The second-order valence-corrected chi connectivity index (χ2v) is 9.18. The summed E-state index contributed by atoms with van der Waals surface area (Å²) in [7, 11) is 0. The summed E-state index contributed by atoms with van der Waals surface area (Å²) in [6.07, 6.45) is 2.63. The second-order valence-electron chi connectivity index (χ2n) is 9.18. The fraction of sp³-hybridized carbons (Fsp3) is 0.500. The first-order chi connectivity index (χ1) is 13.0. The molecule has 2 aromatic rings. The molecule has 4 rings (SSSR count). The van der Waals surface area contributed by atoms with Crippen LogP contribution in [-0.2, 0) is 18.5 Å². The highest BCUT2D eigenvalue weighted by atomic mass is 15.2. The van der Waals surface area contributed by atoms with E-state index in [4.69, 9.17) is 5.73 Å². The van der Waals surface area contributed by atoms with Gasteiger partial charge in [-0.3, -0.25) is 9.80 Å². The fourth-order valence-corrected chi connectivity index (χ4v) is 5.01. The first-order valence-electron chi connectivity index (χ1n) is 10.4.